The van der Waals surface area contributed by atoms with Gasteiger partial charge in [-0.1, -0.05) is 19.9 Å². The third-order valence-corrected chi connectivity index (χ3v) is 6.69. The number of hydrogen-bond donors (Lipinski definition) is 0. The van der Waals surface area contributed by atoms with Gasteiger partial charge in [0.15, 0.2) is 0 Å². The average Bonchev–Trinajstić information content (AvgIpc) is 3.12. The number of pyridine rings is 1. The number of nitrogens with zero attached hydrogens (tertiary/aromatic N) is 5. The topological polar surface area (TPSA) is 71.3 Å². The summed E-state index contributed by atoms with van der Waals surface area (Å²) in [5.74, 6) is 2.20. The maximum Gasteiger partial charge on any atom is 0.281 e. The van der Waals surface area contributed by atoms with Crippen LogP contribution in [-0.4, -0.2) is 58.7 Å². The van der Waals surface area contributed by atoms with Crippen molar-refractivity contribution in [3.8, 4) is 5.82 Å². The molecule has 0 radical (unpaired) electrons. The maximum atomic E-state index is 12.5. The van der Waals surface area contributed by atoms with Crippen LogP contribution in [0.25, 0.3) is 5.82 Å². The molecule has 8 heteroatoms. The molecule has 1 atom stereocenters. The Morgan fingerprint density at radius 3 is 2.73 bits per heavy atom. The summed E-state index contributed by atoms with van der Waals surface area (Å²) in [6, 6.07) is 5.95. The van der Waals surface area contributed by atoms with Gasteiger partial charge in [0.2, 0.25) is 0 Å². The summed E-state index contributed by atoms with van der Waals surface area (Å²) in [6.45, 7) is 5.25. The second-order valence-electron chi connectivity index (χ2n) is 7.22. The number of imidazole rings is 1. The van der Waals surface area contributed by atoms with E-state index in [1.807, 2.05) is 29.0 Å². The van der Waals surface area contributed by atoms with Crippen molar-refractivity contribution in [2.45, 2.75) is 38.5 Å². The first-order chi connectivity index (χ1) is 12.3. The molecule has 2 aromatic heterocycles. The van der Waals surface area contributed by atoms with Crippen molar-refractivity contribution in [2.75, 3.05) is 27.2 Å². The van der Waals surface area contributed by atoms with Gasteiger partial charge in [0, 0.05) is 57.1 Å². The molecule has 0 bridgehead atoms. The number of piperidine rings is 1. The molecule has 1 saturated heterocycles. The van der Waals surface area contributed by atoms with E-state index < -0.39 is 10.2 Å². The molecule has 2 aromatic rings. The molecule has 3 heterocycles. The highest BCUT2D eigenvalue weighted by Crippen LogP contribution is 2.28. The van der Waals surface area contributed by atoms with Crippen molar-refractivity contribution < 1.29 is 8.42 Å². The molecule has 0 N–H and O–H groups in total. The number of hydrogen-bond acceptors (Lipinski definition) is 4. The lowest BCUT2D eigenvalue weighted by Gasteiger charge is -2.33. The van der Waals surface area contributed by atoms with E-state index in [4.69, 9.17) is 4.98 Å². The summed E-state index contributed by atoms with van der Waals surface area (Å²) < 4.78 is 29.8. The highest BCUT2D eigenvalue weighted by atomic mass is 32.2. The van der Waals surface area contributed by atoms with E-state index in [-0.39, 0.29) is 5.92 Å². The first-order valence-electron chi connectivity index (χ1n) is 8.99. The third kappa shape index (κ3) is 3.67. The maximum absolute atomic E-state index is 12.5. The van der Waals surface area contributed by atoms with Crippen molar-refractivity contribution in [2.24, 2.45) is 0 Å². The van der Waals surface area contributed by atoms with E-state index in [1.165, 1.54) is 4.31 Å². The molecule has 142 valence electrons. The SMILES string of the molecule is CC(C)c1nccn1-c1cccc([C@H]2CCCN(S(=O)(=O)N(C)C)C2)n1. The summed E-state index contributed by atoms with van der Waals surface area (Å²) in [5, 5.41) is 0. The summed E-state index contributed by atoms with van der Waals surface area (Å²) >= 11 is 0. The molecule has 1 aliphatic heterocycles. The first kappa shape index (κ1) is 19.0. The van der Waals surface area contributed by atoms with Gasteiger partial charge in [0.1, 0.15) is 11.6 Å². The highest BCUT2D eigenvalue weighted by molar-refractivity contribution is 7.86. The Kier molecular flexibility index (Phi) is 5.45. The van der Waals surface area contributed by atoms with Gasteiger partial charge in [-0.3, -0.25) is 4.57 Å². The molecule has 3 rings (SSSR count). The Morgan fingerprint density at radius 2 is 2.04 bits per heavy atom. The lowest BCUT2D eigenvalue weighted by molar-refractivity contribution is 0.296. The summed E-state index contributed by atoms with van der Waals surface area (Å²) in [4.78, 5) is 9.26. The van der Waals surface area contributed by atoms with Gasteiger partial charge in [-0.2, -0.15) is 17.0 Å². The van der Waals surface area contributed by atoms with Crippen molar-refractivity contribution >= 4 is 10.2 Å². The second kappa shape index (κ2) is 7.46. The van der Waals surface area contributed by atoms with Crippen LogP contribution in [0.1, 0.15) is 50.0 Å². The second-order valence-corrected chi connectivity index (χ2v) is 9.36. The first-order valence-corrected chi connectivity index (χ1v) is 10.4. The van der Waals surface area contributed by atoms with Crippen LogP contribution >= 0.6 is 0 Å². The Labute approximate surface area is 155 Å². The molecule has 0 spiro atoms. The van der Waals surface area contributed by atoms with E-state index >= 15 is 0 Å². The zero-order chi connectivity index (χ0) is 18.9. The minimum atomic E-state index is -3.39. The standard InChI is InChI=1S/C18H27N5O2S/c1-14(2)18-19-10-12-23(18)17-9-5-8-16(20-17)15-7-6-11-22(13-15)26(24,25)21(3)4/h5,8-10,12,14-15H,6-7,11,13H2,1-4H3/t15-/m0/s1. The molecule has 0 amide bonds. The fraction of sp³-hybridized carbons (Fsp3) is 0.556. The molecule has 1 fully saturated rings. The fourth-order valence-corrected chi connectivity index (χ4v) is 4.55. The van der Waals surface area contributed by atoms with Gasteiger partial charge in [0.25, 0.3) is 10.2 Å². The Morgan fingerprint density at radius 1 is 1.27 bits per heavy atom. The van der Waals surface area contributed by atoms with E-state index in [0.29, 0.717) is 19.0 Å². The quantitative estimate of drug-likeness (QED) is 0.802. The van der Waals surface area contributed by atoms with Crippen molar-refractivity contribution in [3.63, 3.8) is 0 Å². The third-order valence-electron chi connectivity index (χ3n) is 4.78. The monoisotopic (exact) mass is 377 g/mol. The predicted octanol–water partition coefficient (Wildman–Crippen LogP) is 2.38. The minimum Gasteiger partial charge on any atom is -0.288 e. The smallest absolute Gasteiger partial charge is 0.281 e. The lowest BCUT2D eigenvalue weighted by atomic mass is 9.95. The summed E-state index contributed by atoms with van der Waals surface area (Å²) in [7, 11) is -0.241. The predicted molar refractivity (Wildman–Crippen MR) is 102 cm³/mol. The van der Waals surface area contributed by atoms with Crippen LogP contribution in [0.5, 0.6) is 0 Å². The molecule has 0 aliphatic carbocycles. The molecular weight excluding hydrogens is 350 g/mol. The normalized spacial score (nSPS) is 19.4. The van der Waals surface area contributed by atoms with Crippen molar-refractivity contribution in [1.29, 1.82) is 0 Å². The highest BCUT2D eigenvalue weighted by Gasteiger charge is 2.31. The van der Waals surface area contributed by atoms with Gasteiger partial charge in [0.05, 0.1) is 0 Å². The number of aromatic nitrogens is 3. The molecule has 26 heavy (non-hydrogen) atoms. The number of rotatable bonds is 5. The van der Waals surface area contributed by atoms with Crippen LogP contribution in [0.4, 0.5) is 0 Å². The van der Waals surface area contributed by atoms with Crippen LogP contribution in [0.15, 0.2) is 30.6 Å². The van der Waals surface area contributed by atoms with Crippen molar-refractivity contribution in [3.05, 3.63) is 42.1 Å². The fourth-order valence-electron chi connectivity index (χ4n) is 3.36. The van der Waals surface area contributed by atoms with Crippen LogP contribution in [0.2, 0.25) is 0 Å². The molecule has 0 aromatic carbocycles. The average molecular weight is 378 g/mol. The Balaban J connectivity index is 1.87. The molecule has 0 unspecified atom stereocenters. The van der Waals surface area contributed by atoms with Gasteiger partial charge < -0.3 is 0 Å². The van der Waals surface area contributed by atoms with Crippen LogP contribution in [0.3, 0.4) is 0 Å². The zero-order valence-corrected chi connectivity index (χ0v) is 16.6. The Hall–Kier alpha value is -1.77. The zero-order valence-electron chi connectivity index (χ0n) is 15.8. The van der Waals surface area contributed by atoms with Gasteiger partial charge in [-0.05, 0) is 25.0 Å². The molecule has 0 saturated carbocycles. The van der Waals surface area contributed by atoms with E-state index in [0.717, 1.165) is 30.2 Å². The largest absolute Gasteiger partial charge is 0.288 e. The van der Waals surface area contributed by atoms with Crippen LogP contribution < -0.4 is 0 Å². The van der Waals surface area contributed by atoms with E-state index in [1.54, 1.807) is 24.6 Å². The van der Waals surface area contributed by atoms with E-state index in [2.05, 4.69) is 18.8 Å². The lowest BCUT2D eigenvalue weighted by Crippen LogP contribution is -2.45. The summed E-state index contributed by atoms with van der Waals surface area (Å²) in [5.41, 5.74) is 0.935. The molecule has 7 nitrogen and oxygen atoms in total. The van der Waals surface area contributed by atoms with E-state index in [9.17, 15) is 8.42 Å². The van der Waals surface area contributed by atoms with Gasteiger partial charge in [-0.15, -0.1) is 0 Å². The van der Waals surface area contributed by atoms with Gasteiger partial charge >= 0.3 is 0 Å². The van der Waals surface area contributed by atoms with Crippen molar-refractivity contribution in [1.82, 2.24) is 23.1 Å². The summed E-state index contributed by atoms with van der Waals surface area (Å²) in [6.07, 6.45) is 5.49. The van der Waals surface area contributed by atoms with Crippen LogP contribution in [0, 0.1) is 0 Å². The molecular formula is C18H27N5O2S. The minimum absolute atomic E-state index is 0.101. The van der Waals surface area contributed by atoms with Crippen LogP contribution in [-0.2, 0) is 10.2 Å². The van der Waals surface area contributed by atoms with Gasteiger partial charge in [-0.25, -0.2) is 9.97 Å². The Bertz CT molecular complexity index is 860. The molecule has 1 aliphatic rings.